The lowest BCUT2D eigenvalue weighted by Crippen LogP contribution is -2.54. The number of rotatable bonds is 7. The van der Waals surface area contributed by atoms with E-state index in [2.05, 4.69) is 38.6 Å². The average molecular weight is 453 g/mol. The number of carbonyl (C=O) groups excluding carboxylic acids is 2. The van der Waals surface area contributed by atoms with Gasteiger partial charge in [-0.2, -0.15) is 0 Å². The Morgan fingerprint density at radius 2 is 1.97 bits per heavy atom. The highest BCUT2D eigenvalue weighted by atomic mass is 16.5. The van der Waals surface area contributed by atoms with Gasteiger partial charge < -0.3 is 9.47 Å². The van der Waals surface area contributed by atoms with Crippen LogP contribution < -0.4 is 4.74 Å². The first-order valence-electron chi connectivity index (χ1n) is 12.9. The van der Waals surface area contributed by atoms with E-state index >= 15 is 0 Å². The summed E-state index contributed by atoms with van der Waals surface area (Å²) in [6, 6.07) is 6.26. The Hall–Kier alpha value is -2.10. The number of hydrogen-bond donors (Lipinski definition) is 0. The molecule has 0 spiro atoms. The van der Waals surface area contributed by atoms with Gasteiger partial charge in [-0.25, -0.2) is 0 Å². The first-order valence-corrected chi connectivity index (χ1v) is 12.9. The summed E-state index contributed by atoms with van der Waals surface area (Å²) in [5.74, 6) is 1.60. The fourth-order valence-corrected chi connectivity index (χ4v) is 7.94. The highest BCUT2D eigenvalue weighted by Crippen LogP contribution is 2.70. The van der Waals surface area contributed by atoms with Crippen molar-refractivity contribution in [2.24, 2.45) is 22.7 Å². The Balaban J connectivity index is 1.77. The maximum absolute atomic E-state index is 11.9. The van der Waals surface area contributed by atoms with Gasteiger partial charge in [0.25, 0.3) is 0 Å². The van der Waals surface area contributed by atoms with Crippen molar-refractivity contribution in [2.45, 2.75) is 97.5 Å². The predicted octanol–water partition coefficient (Wildman–Crippen LogP) is 6.76. The Morgan fingerprint density at radius 3 is 2.64 bits per heavy atom. The molecule has 2 fully saturated rings. The largest absolute Gasteiger partial charge is 0.462 e. The maximum atomic E-state index is 11.9. The molecule has 0 bridgehead atoms. The molecule has 4 heteroatoms. The van der Waals surface area contributed by atoms with Crippen LogP contribution in [-0.2, 0) is 20.7 Å². The van der Waals surface area contributed by atoms with Gasteiger partial charge in [0.05, 0.1) is 0 Å². The highest BCUT2D eigenvalue weighted by Gasteiger charge is 2.64. The molecule has 0 N–H and O–H groups in total. The van der Waals surface area contributed by atoms with Crippen LogP contribution >= 0.6 is 0 Å². The zero-order chi connectivity index (χ0) is 23.8. The van der Waals surface area contributed by atoms with E-state index in [9.17, 15) is 9.59 Å². The van der Waals surface area contributed by atoms with Crippen LogP contribution in [0.1, 0.15) is 96.1 Å². The second kappa shape index (κ2) is 9.27. The first kappa shape index (κ1) is 24.0. The third-order valence-electron chi connectivity index (χ3n) is 9.06. The molecule has 1 aromatic rings. The van der Waals surface area contributed by atoms with Crippen LogP contribution in [0.4, 0.5) is 0 Å². The topological polar surface area (TPSA) is 52.6 Å². The monoisotopic (exact) mass is 452 g/mol. The molecule has 3 aliphatic rings. The molecule has 3 aliphatic carbocycles. The molecule has 180 valence electrons. The van der Waals surface area contributed by atoms with E-state index in [0.29, 0.717) is 23.5 Å². The molecular formula is C29H40O4. The van der Waals surface area contributed by atoms with E-state index in [-0.39, 0.29) is 28.9 Å². The molecule has 6 atom stereocenters. The second-order valence-corrected chi connectivity index (χ2v) is 10.9. The molecule has 0 aliphatic heterocycles. The van der Waals surface area contributed by atoms with E-state index in [4.69, 9.17) is 9.47 Å². The smallest absolute Gasteiger partial charge is 0.308 e. The lowest BCUT2D eigenvalue weighted by molar-refractivity contribution is -0.159. The number of carbonyl (C=O) groups is 2. The van der Waals surface area contributed by atoms with Crippen LogP contribution in [0.25, 0.3) is 0 Å². The summed E-state index contributed by atoms with van der Waals surface area (Å²) in [6.07, 6.45) is 12.3. The molecule has 2 unspecified atom stereocenters. The minimum Gasteiger partial charge on any atom is -0.462 e. The first-order chi connectivity index (χ1) is 15.7. The van der Waals surface area contributed by atoms with Gasteiger partial charge in [0, 0.05) is 19.3 Å². The number of fused-ring (bicyclic) bond motifs is 5. The minimum absolute atomic E-state index is 0.000750. The lowest BCUT2D eigenvalue weighted by Gasteiger charge is -2.60. The van der Waals surface area contributed by atoms with Crippen molar-refractivity contribution < 1.29 is 19.1 Å². The molecule has 0 saturated heterocycles. The summed E-state index contributed by atoms with van der Waals surface area (Å²) in [7, 11) is 0. The van der Waals surface area contributed by atoms with Crippen molar-refractivity contribution in [1.82, 2.24) is 0 Å². The quantitative estimate of drug-likeness (QED) is 0.198. The molecule has 0 heterocycles. The number of hydrogen-bond acceptors (Lipinski definition) is 4. The summed E-state index contributed by atoms with van der Waals surface area (Å²) in [5, 5.41) is 0. The van der Waals surface area contributed by atoms with Gasteiger partial charge in [0.2, 0.25) is 0 Å². The van der Waals surface area contributed by atoms with Crippen molar-refractivity contribution in [2.75, 3.05) is 0 Å². The molecule has 1 aromatic carbocycles. The van der Waals surface area contributed by atoms with Gasteiger partial charge in [-0.1, -0.05) is 45.3 Å². The molecular weight excluding hydrogens is 412 g/mol. The zero-order valence-corrected chi connectivity index (χ0v) is 20.8. The normalized spacial score (nSPS) is 34.5. The second-order valence-electron chi connectivity index (χ2n) is 10.9. The number of allylic oxidation sites excluding steroid dienone is 1. The summed E-state index contributed by atoms with van der Waals surface area (Å²) < 4.78 is 11.3. The standard InChI is InChI=1S/C29H40O4/c1-6-8-9-10-22-18-28(5)25(13-14-26(28)33-20(4)31)29(7-2)16-15-21-17-23(32-19(3)30)11-12-24(21)27(22)29/h7,11-12,17,22,25-27H,2,6,8-10,13-16,18H2,1,3-5H3/t22-,25?,26-,27?,28-,29-/m0/s1. The zero-order valence-electron chi connectivity index (χ0n) is 20.8. The molecule has 0 aromatic heterocycles. The fourth-order valence-electron chi connectivity index (χ4n) is 7.94. The van der Waals surface area contributed by atoms with E-state index in [0.717, 1.165) is 32.1 Å². The van der Waals surface area contributed by atoms with Crippen LogP contribution in [0.5, 0.6) is 5.75 Å². The Morgan fingerprint density at radius 1 is 1.18 bits per heavy atom. The van der Waals surface area contributed by atoms with E-state index < -0.39 is 0 Å². The molecule has 4 nitrogen and oxygen atoms in total. The Labute approximate surface area is 199 Å². The molecule has 0 amide bonds. The van der Waals surface area contributed by atoms with Crippen LogP contribution in [0, 0.1) is 22.7 Å². The lowest BCUT2D eigenvalue weighted by atomic mass is 9.44. The fraction of sp³-hybridized carbons (Fsp3) is 0.655. The minimum atomic E-state index is -0.278. The molecule has 2 saturated carbocycles. The van der Waals surface area contributed by atoms with Gasteiger partial charge >= 0.3 is 11.9 Å². The maximum Gasteiger partial charge on any atom is 0.308 e. The summed E-state index contributed by atoms with van der Waals surface area (Å²) >= 11 is 0. The number of unbranched alkanes of at least 4 members (excludes halogenated alkanes) is 2. The van der Waals surface area contributed by atoms with Crippen molar-refractivity contribution >= 4 is 11.9 Å². The number of esters is 2. The molecule has 0 radical (unpaired) electrons. The highest BCUT2D eigenvalue weighted by molar-refractivity contribution is 5.69. The number of ether oxygens (including phenoxy) is 2. The number of benzene rings is 1. The Kier molecular flexibility index (Phi) is 6.75. The van der Waals surface area contributed by atoms with Gasteiger partial charge in [-0.15, -0.1) is 6.58 Å². The number of aryl methyl sites for hydroxylation is 1. The van der Waals surface area contributed by atoms with E-state index in [1.165, 1.54) is 43.7 Å². The van der Waals surface area contributed by atoms with Crippen molar-refractivity contribution in [1.29, 1.82) is 0 Å². The van der Waals surface area contributed by atoms with E-state index in [1.54, 1.807) is 6.92 Å². The van der Waals surface area contributed by atoms with Gasteiger partial charge in [-0.3, -0.25) is 9.59 Å². The average Bonchev–Trinajstić information content (AvgIpc) is 3.08. The summed E-state index contributed by atoms with van der Waals surface area (Å²) in [5.41, 5.74) is 2.73. The third kappa shape index (κ3) is 4.15. The van der Waals surface area contributed by atoms with Gasteiger partial charge in [-0.05, 0) is 85.0 Å². The summed E-state index contributed by atoms with van der Waals surface area (Å²) in [4.78, 5) is 23.4. The van der Waals surface area contributed by atoms with Crippen LogP contribution in [0.3, 0.4) is 0 Å². The van der Waals surface area contributed by atoms with Gasteiger partial charge in [0.15, 0.2) is 0 Å². The van der Waals surface area contributed by atoms with Crippen molar-refractivity contribution in [3.8, 4) is 5.75 Å². The van der Waals surface area contributed by atoms with Crippen LogP contribution in [-0.4, -0.2) is 18.0 Å². The van der Waals surface area contributed by atoms with E-state index in [1.807, 2.05) is 6.07 Å². The van der Waals surface area contributed by atoms with Crippen molar-refractivity contribution in [3.63, 3.8) is 0 Å². The van der Waals surface area contributed by atoms with Crippen molar-refractivity contribution in [3.05, 3.63) is 42.0 Å². The predicted molar refractivity (Wildman–Crippen MR) is 130 cm³/mol. The van der Waals surface area contributed by atoms with Crippen LogP contribution in [0.15, 0.2) is 30.9 Å². The SMILES string of the molecule is C=C[C@@]12CCc3cc(OC(C)=O)ccc3C1[C@@H](CCCCC)C[C@@]1(C)C2CC[C@@H]1OC(C)=O. The Bertz CT molecular complexity index is 920. The molecule has 33 heavy (non-hydrogen) atoms. The van der Waals surface area contributed by atoms with Gasteiger partial charge in [0.1, 0.15) is 11.9 Å². The van der Waals surface area contributed by atoms with Crippen LogP contribution in [0.2, 0.25) is 0 Å². The third-order valence-corrected chi connectivity index (χ3v) is 9.06. The summed E-state index contributed by atoms with van der Waals surface area (Å²) in [6.45, 7) is 12.1. The molecule has 4 rings (SSSR count).